The Labute approximate surface area is 210 Å². The summed E-state index contributed by atoms with van der Waals surface area (Å²) in [5.74, 6) is -0.377. The first-order valence-electron chi connectivity index (χ1n) is 11.7. The fourth-order valence-corrected chi connectivity index (χ4v) is 5.07. The zero-order chi connectivity index (χ0) is 25.7. The van der Waals surface area contributed by atoms with Gasteiger partial charge in [0.1, 0.15) is 11.4 Å². The van der Waals surface area contributed by atoms with Gasteiger partial charge < -0.3 is 19.1 Å². The van der Waals surface area contributed by atoms with Crippen LogP contribution in [0.3, 0.4) is 0 Å². The van der Waals surface area contributed by atoms with Gasteiger partial charge in [-0.05, 0) is 82.5 Å². The molecule has 4 rings (SSSR count). The molecule has 1 aliphatic rings. The molecule has 1 amide bonds. The van der Waals surface area contributed by atoms with Crippen LogP contribution in [0.5, 0.6) is 5.75 Å². The summed E-state index contributed by atoms with van der Waals surface area (Å²) in [6.07, 6.45) is -0.637. The van der Waals surface area contributed by atoms with Gasteiger partial charge in [-0.25, -0.2) is 4.79 Å². The molecule has 2 aromatic carbocycles. The third kappa shape index (κ3) is 4.57. The number of hydrogen-bond donors (Lipinski definition) is 1. The fraction of sp³-hybridized carbons (Fsp3) is 0.407. The normalized spacial score (nSPS) is 13.3. The van der Waals surface area contributed by atoms with Gasteiger partial charge in [-0.3, -0.25) is 9.69 Å². The van der Waals surface area contributed by atoms with Crippen molar-refractivity contribution in [1.82, 2.24) is 4.57 Å². The third-order valence-electron chi connectivity index (χ3n) is 6.17. The number of nitrogens with zero attached hydrogens (tertiary/aromatic N) is 2. The van der Waals surface area contributed by atoms with Crippen LogP contribution in [0.15, 0.2) is 24.3 Å². The minimum absolute atomic E-state index is 0.206. The Balaban J connectivity index is 2.12. The number of aliphatic carboxylic acids is 1. The smallest absolute Gasteiger partial charge is 0.414 e. The van der Waals surface area contributed by atoms with E-state index in [2.05, 4.69) is 10.6 Å². The molecule has 1 aliphatic heterocycles. The number of hydrogen-bond acceptors (Lipinski definition) is 4. The highest BCUT2D eigenvalue weighted by Gasteiger charge is 2.33. The average molecular weight is 499 g/mol. The lowest BCUT2D eigenvalue weighted by Gasteiger charge is -2.32. The van der Waals surface area contributed by atoms with Gasteiger partial charge in [-0.2, -0.15) is 0 Å². The largest absolute Gasteiger partial charge is 0.487 e. The van der Waals surface area contributed by atoms with Crippen LogP contribution in [-0.4, -0.2) is 40.5 Å². The van der Waals surface area contributed by atoms with Crippen molar-refractivity contribution in [3.8, 4) is 16.9 Å². The van der Waals surface area contributed by atoms with Crippen LogP contribution in [-0.2, 0) is 22.5 Å². The molecule has 3 aromatic rings. The lowest BCUT2D eigenvalue weighted by molar-refractivity contribution is -0.136. The summed E-state index contributed by atoms with van der Waals surface area (Å²) in [5.41, 5.74) is 5.05. The summed E-state index contributed by atoms with van der Waals surface area (Å²) in [4.78, 5) is 26.6. The van der Waals surface area contributed by atoms with Gasteiger partial charge >= 0.3 is 12.1 Å². The molecule has 7 nitrogen and oxygen atoms in total. The quantitative estimate of drug-likeness (QED) is 0.442. The van der Waals surface area contributed by atoms with Crippen molar-refractivity contribution < 1.29 is 24.2 Å². The number of rotatable bonds is 5. The van der Waals surface area contributed by atoms with Crippen LogP contribution < -0.4 is 9.64 Å². The molecule has 0 aliphatic carbocycles. The molecule has 0 spiro atoms. The number of amides is 1. The number of carboxylic acids is 1. The minimum atomic E-state index is -0.956. The van der Waals surface area contributed by atoms with E-state index in [1.165, 1.54) is 0 Å². The molecule has 35 heavy (non-hydrogen) atoms. The number of aryl methyl sites for hydroxylation is 1. The molecule has 0 saturated heterocycles. The molecule has 0 saturated carbocycles. The highest BCUT2D eigenvalue weighted by molar-refractivity contribution is 6.31. The third-order valence-corrected chi connectivity index (χ3v) is 6.40. The molecule has 0 atom stereocenters. The lowest BCUT2D eigenvalue weighted by Crippen LogP contribution is -2.38. The summed E-state index contributed by atoms with van der Waals surface area (Å²) in [7, 11) is 0. The Bertz CT molecular complexity index is 1340. The van der Waals surface area contributed by atoms with Crippen LogP contribution in [0, 0.1) is 13.8 Å². The Morgan fingerprint density at radius 3 is 2.49 bits per heavy atom. The summed E-state index contributed by atoms with van der Waals surface area (Å²) < 4.78 is 13.8. The van der Waals surface area contributed by atoms with Crippen LogP contribution in [0.1, 0.15) is 44.5 Å². The molecule has 8 heteroatoms. The van der Waals surface area contributed by atoms with E-state index in [9.17, 15) is 14.7 Å². The number of benzene rings is 2. The Morgan fingerprint density at radius 1 is 1.14 bits per heavy atom. The molecular weight excluding hydrogens is 468 g/mol. The summed E-state index contributed by atoms with van der Waals surface area (Å²) >= 11 is 6.34. The van der Waals surface area contributed by atoms with Crippen LogP contribution in [0.25, 0.3) is 22.0 Å². The van der Waals surface area contributed by atoms with E-state index in [1.54, 1.807) is 24.0 Å². The zero-order valence-electron chi connectivity index (χ0n) is 21.0. The topological polar surface area (TPSA) is 81.0 Å². The van der Waals surface area contributed by atoms with Crippen LogP contribution >= 0.6 is 11.6 Å². The van der Waals surface area contributed by atoms with E-state index >= 15 is 0 Å². The van der Waals surface area contributed by atoms with Crippen molar-refractivity contribution >= 4 is 40.3 Å². The van der Waals surface area contributed by atoms with Crippen molar-refractivity contribution in [2.45, 2.75) is 60.1 Å². The zero-order valence-corrected chi connectivity index (χ0v) is 21.7. The highest BCUT2D eigenvalue weighted by Crippen LogP contribution is 2.47. The first kappa shape index (κ1) is 24.9. The predicted molar refractivity (Wildman–Crippen MR) is 138 cm³/mol. The minimum Gasteiger partial charge on any atom is -0.487 e. The van der Waals surface area contributed by atoms with E-state index in [1.807, 2.05) is 40.7 Å². The van der Waals surface area contributed by atoms with Gasteiger partial charge in [-0.15, -0.1) is 0 Å². The van der Waals surface area contributed by atoms with E-state index in [0.717, 1.165) is 33.3 Å². The maximum Gasteiger partial charge on any atom is 0.414 e. The SMILES string of the molecule is CCOC(=O)N1CCn2c(C)cc3c(-c4ccc(Cl)cc4OC(C)(C)C)c(CC(=O)O)c(C)c1c32. The van der Waals surface area contributed by atoms with Crippen molar-refractivity contribution in [3.63, 3.8) is 0 Å². The Morgan fingerprint density at radius 2 is 1.86 bits per heavy atom. The van der Waals surface area contributed by atoms with E-state index in [0.29, 0.717) is 35.1 Å². The second-order valence-electron chi connectivity index (χ2n) is 9.80. The standard InChI is InChI=1S/C27H31ClN2O5/c1-7-34-26(33)30-11-10-29-15(2)12-20-23(19(14-22(31)32)16(3)24(30)25(20)29)18-9-8-17(28)13-21(18)35-27(4,5)6/h8-9,12-13H,7,10-11,14H2,1-6H3,(H,31,32). The Kier molecular flexibility index (Phi) is 6.49. The predicted octanol–water partition coefficient (Wildman–Crippen LogP) is 6.36. The molecule has 0 bridgehead atoms. The number of carbonyl (C=O) groups is 2. The van der Waals surface area contributed by atoms with Crippen molar-refractivity contribution in [2.75, 3.05) is 18.1 Å². The summed E-state index contributed by atoms with van der Waals surface area (Å²) in [6, 6.07) is 7.49. The molecule has 0 fully saturated rings. The molecule has 2 heterocycles. The first-order chi connectivity index (χ1) is 16.4. The van der Waals surface area contributed by atoms with Gasteiger partial charge in [0, 0.05) is 34.8 Å². The molecule has 0 radical (unpaired) electrons. The molecular formula is C27H31ClN2O5. The van der Waals surface area contributed by atoms with Crippen LogP contribution in [0.4, 0.5) is 10.5 Å². The van der Waals surface area contributed by atoms with Crippen molar-refractivity contribution in [2.24, 2.45) is 0 Å². The highest BCUT2D eigenvalue weighted by atomic mass is 35.5. The molecule has 0 unspecified atom stereocenters. The number of anilines is 1. The number of aromatic nitrogens is 1. The van der Waals surface area contributed by atoms with Gasteiger partial charge in [0.25, 0.3) is 0 Å². The van der Waals surface area contributed by atoms with E-state index in [-0.39, 0.29) is 13.0 Å². The number of halogens is 1. The fourth-order valence-electron chi connectivity index (χ4n) is 4.90. The number of ether oxygens (including phenoxy) is 2. The maximum absolute atomic E-state index is 12.9. The second kappa shape index (κ2) is 9.11. The summed E-state index contributed by atoms with van der Waals surface area (Å²) in [6.45, 7) is 12.9. The van der Waals surface area contributed by atoms with Gasteiger partial charge in [0.05, 0.1) is 24.2 Å². The van der Waals surface area contributed by atoms with Crippen LogP contribution in [0.2, 0.25) is 5.02 Å². The summed E-state index contributed by atoms with van der Waals surface area (Å²) in [5, 5.41) is 11.3. The van der Waals surface area contributed by atoms with Crippen molar-refractivity contribution in [1.29, 1.82) is 0 Å². The van der Waals surface area contributed by atoms with E-state index < -0.39 is 17.7 Å². The molecule has 1 N–H and O–H groups in total. The van der Waals surface area contributed by atoms with Gasteiger partial charge in [-0.1, -0.05) is 11.6 Å². The first-order valence-corrected chi connectivity index (χ1v) is 12.1. The maximum atomic E-state index is 12.9. The molecule has 186 valence electrons. The average Bonchev–Trinajstić information content (AvgIpc) is 3.08. The molecule has 1 aromatic heterocycles. The monoisotopic (exact) mass is 498 g/mol. The van der Waals surface area contributed by atoms with E-state index in [4.69, 9.17) is 21.1 Å². The number of carbonyl (C=O) groups excluding carboxylic acids is 1. The van der Waals surface area contributed by atoms with Gasteiger partial charge in [0.2, 0.25) is 0 Å². The van der Waals surface area contributed by atoms with Gasteiger partial charge in [0.15, 0.2) is 0 Å². The lowest BCUT2D eigenvalue weighted by atomic mass is 9.88. The second-order valence-corrected chi connectivity index (χ2v) is 10.2. The Hall–Kier alpha value is -3.19. The van der Waals surface area contributed by atoms with Crippen molar-refractivity contribution in [3.05, 3.63) is 46.1 Å². The number of carboxylic acid groups (broad SMARTS) is 1.